The molecular formula is C15H15F3N6O2. The Labute approximate surface area is 146 Å². The first kappa shape index (κ1) is 17.8. The molecule has 138 valence electrons. The molecule has 8 nitrogen and oxygen atoms in total. The number of azo groups is 1. The Hall–Kier alpha value is -2.98. The van der Waals surface area contributed by atoms with Crippen LogP contribution in [0.4, 0.5) is 36.2 Å². The van der Waals surface area contributed by atoms with Gasteiger partial charge in [-0.2, -0.15) is 0 Å². The molecule has 0 atom stereocenters. The second kappa shape index (κ2) is 7.50. The fraction of sp³-hybridized carbons (Fsp3) is 0.400. The number of rotatable bonds is 5. The number of hydrogen-bond donors (Lipinski definition) is 0. The molecule has 1 fully saturated rings. The van der Waals surface area contributed by atoms with Crippen molar-refractivity contribution in [2.45, 2.75) is 25.6 Å². The minimum atomic E-state index is -4.89. The number of alkyl halides is 3. The lowest BCUT2D eigenvalue weighted by molar-refractivity contribution is -0.141. The maximum Gasteiger partial charge on any atom is 0.491 e. The molecule has 0 aliphatic carbocycles. The summed E-state index contributed by atoms with van der Waals surface area (Å²) in [4.78, 5) is 12.8. The van der Waals surface area contributed by atoms with Gasteiger partial charge in [0.2, 0.25) is 12.8 Å². The molecule has 1 aliphatic heterocycles. The topological polar surface area (TPSA) is 87.2 Å². The van der Waals surface area contributed by atoms with Crippen molar-refractivity contribution in [1.82, 2.24) is 10.2 Å². The van der Waals surface area contributed by atoms with Crippen molar-refractivity contribution in [3.05, 3.63) is 24.6 Å². The summed E-state index contributed by atoms with van der Waals surface area (Å²) in [5, 5.41) is 14.2. The number of carbonyl (C=O) groups excluding carboxylic acids is 1. The number of hydrogen-bond acceptors (Lipinski definition) is 7. The summed E-state index contributed by atoms with van der Waals surface area (Å²) in [6, 6.07) is 4.10. The van der Waals surface area contributed by atoms with Crippen LogP contribution in [0.3, 0.4) is 0 Å². The molecular weight excluding hydrogens is 353 g/mol. The fourth-order valence-corrected chi connectivity index (χ4v) is 2.70. The third-order valence-corrected chi connectivity index (χ3v) is 3.91. The Morgan fingerprint density at radius 3 is 2.58 bits per heavy atom. The van der Waals surface area contributed by atoms with Gasteiger partial charge in [0.1, 0.15) is 5.69 Å². The number of piperidine rings is 1. The van der Waals surface area contributed by atoms with Gasteiger partial charge in [-0.3, -0.25) is 4.79 Å². The highest BCUT2D eigenvalue weighted by Crippen LogP contribution is 2.38. The van der Waals surface area contributed by atoms with Crippen LogP contribution in [0.15, 0.2) is 39.2 Å². The summed E-state index contributed by atoms with van der Waals surface area (Å²) < 4.78 is 44.5. The highest BCUT2D eigenvalue weighted by atomic mass is 19.4. The zero-order chi connectivity index (χ0) is 18.6. The lowest BCUT2D eigenvalue weighted by Crippen LogP contribution is -2.37. The van der Waals surface area contributed by atoms with Crippen molar-refractivity contribution in [3.63, 3.8) is 0 Å². The molecule has 26 heavy (non-hydrogen) atoms. The van der Waals surface area contributed by atoms with Gasteiger partial charge in [-0.1, -0.05) is 10.2 Å². The summed E-state index contributed by atoms with van der Waals surface area (Å²) in [6.45, 7) is 1.49. The molecule has 0 radical (unpaired) electrons. The van der Waals surface area contributed by atoms with E-state index in [0.29, 0.717) is 5.69 Å². The molecule has 1 saturated heterocycles. The molecule has 2 heterocycles. The van der Waals surface area contributed by atoms with Crippen molar-refractivity contribution in [2.75, 3.05) is 22.9 Å². The van der Waals surface area contributed by atoms with Gasteiger partial charge in [-0.15, -0.1) is 23.4 Å². The summed E-state index contributed by atoms with van der Waals surface area (Å²) >= 11 is 0. The number of anilines is 2. The molecule has 0 saturated carbocycles. The smallest absolute Gasteiger partial charge is 0.408 e. The second-order valence-corrected chi connectivity index (χ2v) is 5.59. The summed E-state index contributed by atoms with van der Waals surface area (Å²) in [5.74, 6) is 0. The Bertz CT molecular complexity index is 772. The zero-order valence-corrected chi connectivity index (χ0v) is 13.6. The average Bonchev–Trinajstić information content (AvgIpc) is 3.14. The van der Waals surface area contributed by atoms with Gasteiger partial charge in [0.25, 0.3) is 0 Å². The highest BCUT2D eigenvalue weighted by Gasteiger charge is 2.39. The minimum absolute atomic E-state index is 0.145. The third-order valence-electron chi connectivity index (χ3n) is 3.91. The Kier molecular flexibility index (Phi) is 5.14. The van der Waals surface area contributed by atoms with E-state index in [-0.39, 0.29) is 23.0 Å². The van der Waals surface area contributed by atoms with E-state index in [9.17, 15) is 18.0 Å². The second-order valence-electron chi connectivity index (χ2n) is 5.59. The van der Waals surface area contributed by atoms with Crippen LogP contribution in [0.2, 0.25) is 0 Å². The van der Waals surface area contributed by atoms with Gasteiger partial charge < -0.3 is 9.32 Å². The standard InChI is InChI=1S/C15H15F3N6O2/c16-15(17,18)24(10-25)13-8-11(23-6-2-1-3-7-23)4-5-12(13)20-22-14-21-19-9-26-14/h4-5,8-10H,1-3,6-7H2. The van der Waals surface area contributed by atoms with E-state index in [1.54, 1.807) is 6.07 Å². The molecule has 1 aromatic heterocycles. The van der Waals surface area contributed by atoms with Crippen LogP contribution in [0.25, 0.3) is 0 Å². The van der Waals surface area contributed by atoms with Gasteiger partial charge >= 0.3 is 12.3 Å². The molecule has 0 bridgehead atoms. The SMILES string of the molecule is O=CN(c1cc(N2CCCCC2)ccc1N=Nc1nnco1)C(F)(F)F. The van der Waals surface area contributed by atoms with E-state index in [0.717, 1.165) is 38.7 Å². The van der Waals surface area contributed by atoms with E-state index in [4.69, 9.17) is 4.42 Å². The molecule has 1 aliphatic rings. The number of nitrogens with zero attached hydrogens (tertiary/aromatic N) is 6. The van der Waals surface area contributed by atoms with Gasteiger partial charge in [0, 0.05) is 18.8 Å². The molecule has 11 heteroatoms. The van der Waals surface area contributed by atoms with Crippen LogP contribution in [0.1, 0.15) is 19.3 Å². The average molecular weight is 368 g/mol. The Morgan fingerprint density at radius 1 is 1.19 bits per heavy atom. The van der Waals surface area contributed by atoms with Crippen molar-refractivity contribution >= 4 is 29.5 Å². The Balaban J connectivity index is 2.00. The lowest BCUT2D eigenvalue weighted by Gasteiger charge is -2.30. The largest absolute Gasteiger partial charge is 0.491 e. The van der Waals surface area contributed by atoms with Gasteiger partial charge in [0.05, 0.1) is 5.69 Å². The first-order chi connectivity index (χ1) is 12.5. The number of amides is 1. The van der Waals surface area contributed by atoms with E-state index in [2.05, 4.69) is 20.4 Å². The molecule has 0 spiro atoms. The molecule has 1 aromatic carbocycles. The van der Waals surface area contributed by atoms with Crippen LogP contribution < -0.4 is 9.80 Å². The predicted molar refractivity (Wildman–Crippen MR) is 85.6 cm³/mol. The number of carbonyl (C=O) groups is 1. The molecule has 2 aromatic rings. The predicted octanol–water partition coefficient (Wildman–Crippen LogP) is 3.96. The van der Waals surface area contributed by atoms with E-state index in [1.165, 1.54) is 12.1 Å². The Morgan fingerprint density at radius 2 is 1.96 bits per heavy atom. The van der Waals surface area contributed by atoms with Crippen molar-refractivity contribution in [3.8, 4) is 0 Å². The van der Waals surface area contributed by atoms with Gasteiger partial charge in [-0.05, 0) is 37.5 Å². The van der Waals surface area contributed by atoms with Crippen molar-refractivity contribution < 1.29 is 22.4 Å². The monoisotopic (exact) mass is 368 g/mol. The molecule has 0 N–H and O–H groups in total. The van der Waals surface area contributed by atoms with E-state index in [1.807, 2.05) is 4.90 Å². The van der Waals surface area contributed by atoms with Crippen molar-refractivity contribution in [2.24, 2.45) is 10.2 Å². The summed E-state index contributed by atoms with van der Waals surface area (Å²) in [7, 11) is 0. The van der Waals surface area contributed by atoms with Gasteiger partial charge in [0.15, 0.2) is 0 Å². The number of halogens is 3. The zero-order valence-electron chi connectivity index (χ0n) is 13.6. The summed E-state index contributed by atoms with van der Waals surface area (Å²) in [5.41, 5.74) is 0.0276. The number of benzene rings is 1. The van der Waals surface area contributed by atoms with Crippen molar-refractivity contribution in [1.29, 1.82) is 0 Å². The normalized spacial score (nSPS) is 15.4. The number of aromatic nitrogens is 2. The van der Waals surface area contributed by atoms with E-state index >= 15 is 0 Å². The van der Waals surface area contributed by atoms with E-state index < -0.39 is 12.0 Å². The molecule has 1 amide bonds. The first-order valence-electron chi connectivity index (χ1n) is 7.87. The highest BCUT2D eigenvalue weighted by molar-refractivity contribution is 5.85. The first-order valence-corrected chi connectivity index (χ1v) is 7.87. The van der Waals surface area contributed by atoms with Crippen LogP contribution in [-0.2, 0) is 4.79 Å². The molecule has 3 rings (SSSR count). The fourth-order valence-electron chi connectivity index (χ4n) is 2.70. The maximum atomic E-state index is 13.2. The van der Waals surface area contributed by atoms with Gasteiger partial charge in [-0.25, -0.2) is 4.90 Å². The maximum absolute atomic E-state index is 13.2. The van der Waals surface area contributed by atoms with Crippen LogP contribution in [0, 0.1) is 0 Å². The quantitative estimate of drug-likeness (QED) is 0.453. The van der Waals surface area contributed by atoms with Crippen LogP contribution in [0.5, 0.6) is 0 Å². The van der Waals surface area contributed by atoms with Crippen LogP contribution >= 0.6 is 0 Å². The minimum Gasteiger partial charge on any atom is -0.408 e. The third kappa shape index (κ3) is 3.98. The van der Waals surface area contributed by atoms with Crippen LogP contribution in [-0.4, -0.2) is 36.0 Å². The summed E-state index contributed by atoms with van der Waals surface area (Å²) in [6.07, 6.45) is -1.15. The molecule has 0 unspecified atom stereocenters. The lowest BCUT2D eigenvalue weighted by atomic mass is 10.1.